The Balaban J connectivity index is 1.71. The maximum atomic E-state index is 4.77. The van der Waals surface area contributed by atoms with Crippen LogP contribution in [0.3, 0.4) is 0 Å². The van der Waals surface area contributed by atoms with Crippen LogP contribution in [-0.2, 0) is 0 Å². The Morgan fingerprint density at radius 2 is 1.78 bits per heavy atom. The van der Waals surface area contributed by atoms with Gasteiger partial charge in [-0.25, -0.2) is 0 Å². The Labute approximate surface area is 140 Å². The van der Waals surface area contributed by atoms with Crippen molar-refractivity contribution in [1.29, 1.82) is 0 Å². The minimum absolute atomic E-state index is 0.274. The molecule has 3 rings (SSSR count). The van der Waals surface area contributed by atoms with Crippen LogP contribution in [0.4, 0.5) is 0 Å². The van der Waals surface area contributed by atoms with Crippen LogP contribution in [0.5, 0.6) is 0 Å². The molecule has 0 aromatic heterocycles. The standard InChI is InChI=1S/C21H28N2/c1-16-13-18(14-17(16)2)15-21(19-9-5-3-6-10-19)23-22-20-11-7-4-8-12-20/h3,5-6,9-10,13,21,23H,4,7-8,11-12,14-15H2,1-2H3. The van der Waals surface area contributed by atoms with Gasteiger partial charge in [-0.2, -0.15) is 5.10 Å². The van der Waals surface area contributed by atoms with Crippen LogP contribution < -0.4 is 5.43 Å². The highest BCUT2D eigenvalue weighted by molar-refractivity contribution is 5.84. The number of benzene rings is 1. The number of nitrogens with zero attached hydrogens (tertiary/aromatic N) is 1. The third-order valence-corrected chi connectivity index (χ3v) is 5.06. The van der Waals surface area contributed by atoms with Crippen molar-refractivity contribution >= 4 is 5.71 Å². The number of allylic oxidation sites excluding steroid dienone is 3. The monoisotopic (exact) mass is 308 g/mol. The molecule has 1 unspecified atom stereocenters. The first-order valence-electron chi connectivity index (χ1n) is 8.94. The maximum absolute atomic E-state index is 4.77. The van der Waals surface area contributed by atoms with Gasteiger partial charge in [-0.1, -0.05) is 59.5 Å². The zero-order chi connectivity index (χ0) is 16.1. The van der Waals surface area contributed by atoms with Crippen molar-refractivity contribution in [3.05, 3.63) is 58.7 Å². The zero-order valence-corrected chi connectivity index (χ0v) is 14.4. The number of hydrogen-bond acceptors (Lipinski definition) is 2. The summed E-state index contributed by atoms with van der Waals surface area (Å²) in [6.07, 6.45) is 10.8. The second kappa shape index (κ2) is 7.63. The molecule has 1 aromatic rings. The molecule has 0 heterocycles. The summed E-state index contributed by atoms with van der Waals surface area (Å²) >= 11 is 0. The van der Waals surface area contributed by atoms with Crippen molar-refractivity contribution in [2.45, 2.75) is 64.8 Å². The Kier molecular flexibility index (Phi) is 5.32. The maximum Gasteiger partial charge on any atom is 0.0726 e. The van der Waals surface area contributed by atoms with Crippen molar-refractivity contribution in [3.8, 4) is 0 Å². The molecule has 122 valence electrons. The first kappa shape index (κ1) is 16.0. The van der Waals surface area contributed by atoms with E-state index in [9.17, 15) is 0 Å². The lowest BCUT2D eigenvalue weighted by atomic mass is 9.97. The molecule has 23 heavy (non-hydrogen) atoms. The Morgan fingerprint density at radius 1 is 1.04 bits per heavy atom. The van der Waals surface area contributed by atoms with Crippen LogP contribution in [0, 0.1) is 0 Å². The fourth-order valence-electron chi connectivity index (χ4n) is 3.52. The fourth-order valence-corrected chi connectivity index (χ4v) is 3.52. The van der Waals surface area contributed by atoms with Gasteiger partial charge in [0, 0.05) is 5.71 Å². The lowest BCUT2D eigenvalue weighted by Crippen LogP contribution is -2.19. The normalized spacial score (nSPS) is 19.6. The van der Waals surface area contributed by atoms with Gasteiger partial charge in [0.15, 0.2) is 0 Å². The predicted octanol–water partition coefficient (Wildman–Crippen LogP) is 5.69. The van der Waals surface area contributed by atoms with Gasteiger partial charge in [-0.3, -0.25) is 0 Å². The molecule has 2 nitrogen and oxygen atoms in total. The van der Waals surface area contributed by atoms with Gasteiger partial charge in [0.1, 0.15) is 0 Å². The molecule has 2 aliphatic carbocycles. The minimum Gasteiger partial charge on any atom is -0.302 e. The number of hydrogen-bond donors (Lipinski definition) is 1. The number of rotatable bonds is 5. The van der Waals surface area contributed by atoms with E-state index in [-0.39, 0.29) is 6.04 Å². The van der Waals surface area contributed by atoms with Crippen LogP contribution >= 0.6 is 0 Å². The van der Waals surface area contributed by atoms with Crippen molar-refractivity contribution < 1.29 is 0 Å². The zero-order valence-electron chi connectivity index (χ0n) is 14.4. The molecule has 0 bridgehead atoms. The highest BCUT2D eigenvalue weighted by Gasteiger charge is 2.17. The van der Waals surface area contributed by atoms with E-state index in [1.807, 2.05) is 0 Å². The van der Waals surface area contributed by atoms with E-state index in [0.29, 0.717) is 0 Å². The highest BCUT2D eigenvalue weighted by atomic mass is 15.3. The van der Waals surface area contributed by atoms with Crippen LogP contribution in [0.1, 0.15) is 70.4 Å². The quantitative estimate of drug-likeness (QED) is 0.694. The van der Waals surface area contributed by atoms with Gasteiger partial charge in [-0.15, -0.1) is 0 Å². The average Bonchev–Trinajstić information content (AvgIpc) is 2.91. The summed E-state index contributed by atoms with van der Waals surface area (Å²) in [7, 11) is 0. The van der Waals surface area contributed by atoms with Gasteiger partial charge >= 0.3 is 0 Å². The topological polar surface area (TPSA) is 24.4 Å². The molecule has 2 aliphatic rings. The van der Waals surface area contributed by atoms with E-state index >= 15 is 0 Å². The SMILES string of the molecule is CC1=C(C)CC(CC(NN=C2CCCCC2)c2ccccc2)=C1. The minimum atomic E-state index is 0.274. The molecule has 0 radical (unpaired) electrons. The molecule has 0 spiro atoms. The van der Waals surface area contributed by atoms with E-state index in [1.165, 1.54) is 47.3 Å². The summed E-state index contributed by atoms with van der Waals surface area (Å²) in [6.45, 7) is 4.46. The van der Waals surface area contributed by atoms with Crippen LogP contribution in [0.15, 0.2) is 58.2 Å². The summed E-state index contributed by atoms with van der Waals surface area (Å²) in [5.74, 6) is 0. The van der Waals surface area contributed by atoms with Crippen molar-refractivity contribution in [3.63, 3.8) is 0 Å². The van der Waals surface area contributed by atoms with Crippen LogP contribution in [0.25, 0.3) is 0 Å². The van der Waals surface area contributed by atoms with E-state index in [2.05, 4.69) is 55.7 Å². The van der Waals surface area contributed by atoms with Crippen molar-refractivity contribution in [1.82, 2.24) is 5.43 Å². The molecular weight excluding hydrogens is 280 g/mol. The summed E-state index contributed by atoms with van der Waals surface area (Å²) in [6, 6.07) is 11.0. The molecule has 1 atom stereocenters. The lowest BCUT2D eigenvalue weighted by molar-refractivity contribution is 0.540. The van der Waals surface area contributed by atoms with Gasteiger partial charge in [0.05, 0.1) is 6.04 Å². The van der Waals surface area contributed by atoms with Gasteiger partial charge in [0.25, 0.3) is 0 Å². The summed E-state index contributed by atoms with van der Waals surface area (Å²) < 4.78 is 0. The van der Waals surface area contributed by atoms with Crippen LogP contribution in [-0.4, -0.2) is 5.71 Å². The molecule has 1 aromatic carbocycles. The summed E-state index contributed by atoms with van der Waals surface area (Å²) in [5.41, 5.74) is 10.6. The van der Waals surface area contributed by atoms with Crippen LogP contribution in [0.2, 0.25) is 0 Å². The summed E-state index contributed by atoms with van der Waals surface area (Å²) in [4.78, 5) is 0. The van der Waals surface area contributed by atoms with E-state index in [1.54, 1.807) is 0 Å². The lowest BCUT2D eigenvalue weighted by Gasteiger charge is -2.20. The second-order valence-corrected chi connectivity index (χ2v) is 6.98. The Bertz CT molecular complexity index is 615. The second-order valence-electron chi connectivity index (χ2n) is 6.98. The first-order chi connectivity index (χ1) is 11.2. The molecular formula is C21H28N2. The van der Waals surface area contributed by atoms with E-state index in [0.717, 1.165) is 25.7 Å². The molecule has 2 heteroatoms. The van der Waals surface area contributed by atoms with E-state index in [4.69, 9.17) is 5.10 Å². The molecule has 1 N–H and O–H groups in total. The third-order valence-electron chi connectivity index (χ3n) is 5.06. The Morgan fingerprint density at radius 3 is 2.43 bits per heavy atom. The fraction of sp³-hybridized carbons (Fsp3) is 0.476. The predicted molar refractivity (Wildman–Crippen MR) is 98.5 cm³/mol. The Hall–Kier alpha value is -1.83. The number of hydrazone groups is 1. The van der Waals surface area contributed by atoms with Gasteiger partial charge in [0.2, 0.25) is 0 Å². The first-order valence-corrected chi connectivity index (χ1v) is 8.94. The smallest absolute Gasteiger partial charge is 0.0726 e. The van der Waals surface area contributed by atoms with Crippen molar-refractivity contribution in [2.75, 3.05) is 0 Å². The van der Waals surface area contributed by atoms with Gasteiger partial charge in [-0.05, 0) is 57.9 Å². The molecule has 0 amide bonds. The van der Waals surface area contributed by atoms with E-state index < -0.39 is 0 Å². The van der Waals surface area contributed by atoms with Gasteiger partial charge < -0.3 is 5.43 Å². The van der Waals surface area contributed by atoms with Crippen molar-refractivity contribution in [2.24, 2.45) is 5.10 Å². The summed E-state index contributed by atoms with van der Waals surface area (Å²) in [5, 5.41) is 4.77. The largest absolute Gasteiger partial charge is 0.302 e. The molecule has 1 fully saturated rings. The molecule has 1 saturated carbocycles. The highest BCUT2D eigenvalue weighted by Crippen LogP contribution is 2.31. The molecule has 0 saturated heterocycles. The average molecular weight is 308 g/mol. The molecule has 0 aliphatic heterocycles. The third kappa shape index (κ3) is 4.34. The number of nitrogens with one attached hydrogen (secondary N) is 1.